The minimum atomic E-state index is -0.745. The molecule has 0 unspecified atom stereocenters. The number of thiophene rings is 1. The fourth-order valence-electron chi connectivity index (χ4n) is 1.70. The van der Waals surface area contributed by atoms with Crippen LogP contribution in [0.4, 0.5) is 5.69 Å². The van der Waals surface area contributed by atoms with Crippen molar-refractivity contribution >= 4 is 28.8 Å². The third-order valence-corrected chi connectivity index (χ3v) is 3.46. The Morgan fingerprint density at radius 1 is 1.18 bits per heavy atom. The monoisotopic (exact) mass is 314 g/mol. The summed E-state index contributed by atoms with van der Waals surface area (Å²) in [4.78, 5) is 24.0. The van der Waals surface area contributed by atoms with Crippen LogP contribution in [0, 0.1) is 0 Å². The van der Waals surface area contributed by atoms with Crippen molar-refractivity contribution in [1.82, 2.24) is 20.2 Å². The van der Waals surface area contributed by atoms with Gasteiger partial charge in [-0.1, -0.05) is 0 Å². The van der Waals surface area contributed by atoms with Crippen molar-refractivity contribution in [2.75, 3.05) is 5.32 Å². The predicted octanol–water partition coefficient (Wildman–Crippen LogP) is 1.07. The molecule has 8 nitrogen and oxygen atoms in total. The Kier molecular flexibility index (Phi) is 3.62. The zero-order valence-corrected chi connectivity index (χ0v) is 11.9. The molecule has 0 fully saturated rings. The van der Waals surface area contributed by atoms with Gasteiger partial charge in [-0.3, -0.25) is 9.59 Å². The number of nitrogens with two attached hydrogens (primary N) is 1. The van der Waals surface area contributed by atoms with Crippen molar-refractivity contribution in [3.8, 4) is 5.69 Å². The van der Waals surface area contributed by atoms with Gasteiger partial charge in [-0.2, -0.15) is 11.3 Å². The third-order valence-electron chi connectivity index (χ3n) is 2.77. The number of anilines is 1. The summed E-state index contributed by atoms with van der Waals surface area (Å²) in [5.41, 5.74) is 6.90. The van der Waals surface area contributed by atoms with Gasteiger partial charge < -0.3 is 11.1 Å². The second kappa shape index (κ2) is 5.74. The van der Waals surface area contributed by atoms with Gasteiger partial charge >= 0.3 is 0 Å². The predicted molar refractivity (Wildman–Crippen MR) is 79.9 cm³/mol. The molecule has 1 aromatic carbocycles. The van der Waals surface area contributed by atoms with E-state index in [-0.39, 0.29) is 11.7 Å². The van der Waals surface area contributed by atoms with Gasteiger partial charge in [-0.05, 0) is 40.9 Å². The van der Waals surface area contributed by atoms with Gasteiger partial charge in [0.2, 0.25) is 0 Å². The van der Waals surface area contributed by atoms with Gasteiger partial charge in [0.25, 0.3) is 17.6 Å². The molecule has 110 valence electrons. The first-order valence-electron chi connectivity index (χ1n) is 6.17. The molecule has 0 aliphatic carbocycles. The molecule has 2 aromatic heterocycles. The molecule has 22 heavy (non-hydrogen) atoms. The van der Waals surface area contributed by atoms with Crippen LogP contribution in [0.1, 0.15) is 21.0 Å². The molecule has 0 aliphatic rings. The average molecular weight is 314 g/mol. The molecule has 3 aromatic rings. The van der Waals surface area contributed by atoms with Crippen LogP contribution in [0.2, 0.25) is 0 Å². The molecule has 9 heteroatoms. The van der Waals surface area contributed by atoms with Crippen LogP contribution < -0.4 is 11.1 Å². The van der Waals surface area contributed by atoms with Crippen LogP contribution in [0.5, 0.6) is 0 Å². The van der Waals surface area contributed by atoms with Gasteiger partial charge in [0.1, 0.15) is 0 Å². The summed E-state index contributed by atoms with van der Waals surface area (Å²) < 4.78 is 0. The average Bonchev–Trinajstić information content (AvgIpc) is 3.20. The normalized spacial score (nSPS) is 10.4. The van der Waals surface area contributed by atoms with E-state index < -0.39 is 5.91 Å². The van der Waals surface area contributed by atoms with E-state index in [2.05, 4.69) is 20.7 Å². The lowest BCUT2D eigenvalue weighted by Gasteiger charge is -2.04. The number of benzene rings is 1. The molecule has 3 rings (SSSR count). The smallest absolute Gasteiger partial charge is 0.290 e. The van der Waals surface area contributed by atoms with E-state index in [9.17, 15) is 9.59 Å². The molecular weight excluding hydrogens is 304 g/mol. The quantitative estimate of drug-likeness (QED) is 0.747. The summed E-state index contributed by atoms with van der Waals surface area (Å²) in [7, 11) is 0. The summed E-state index contributed by atoms with van der Waals surface area (Å²) in [5, 5.41) is 17.5. The fourth-order valence-corrected chi connectivity index (χ4v) is 2.33. The maximum Gasteiger partial charge on any atom is 0.290 e. The SMILES string of the molecule is NC(=O)c1nnn(-c2ccc(NC(=O)c3ccsc3)cc2)n1. The highest BCUT2D eigenvalue weighted by Crippen LogP contribution is 2.14. The number of hydrogen-bond acceptors (Lipinski definition) is 6. The molecular formula is C13H10N6O2S. The largest absolute Gasteiger partial charge is 0.363 e. The van der Waals surface area contributed by atoms with E-state index in [1.54, 1.807) is 35.7 Å². The van der Waals surface area contributed by atoms with Crippen LogP contribution in [0.3, 0.4) is 0 Å². The first kappa shape index (κ1) is 13.9. The summed E-state index contributed by atoms with van der Waals surface area (Å²) >= 11 is 1.46. The molecule has 2 amide bonds. The molecule has 0 atom stereocenters. The lowest BCUT2D eigenvalue weighted by Crippen LogP contribution is -2.13. The Morgan fingerprint density at radius 2 is 1.95 bits per heavy atom. The molecule has 0 radical (unpaired) electrons. The number of rotatable bonds is 4. The molecule has 0 saturated heterocycles. The number of aromatic nitrogens is 4. The van der Waals surface area contributed by atoms with E-state index >= 15 is 0 Å². The number of carbonyl (C=O) groups excluding carboxylic acids is 2. The Balaban J connectivity index is 1.74. The summed E-state index contributed by atoms with van der Waals surface area (Å²) in [6.45, 7) is 0. The van der Waals surface area contributed by atoms with E-state index in [1.165, 1.54) is 16.1 Å². The highest BCUT2D eigenvalue weighted by molar-refractivity contribution is 7.08. The van der Waals surface area contributed by atoms with E-state index in [0.29, 0.717) is 16.9 Å². The Labute approximate surface area is 128 Å². The minimum Gasteiger partial charge on any atom is -0.363 e. The number of amides is 2. The van der Waals surface area contributed by atoms with Crippen LogP contribution in [-0.2, 0) is 0 Å². The van der Waals surface area contributed by atoms with Gasteiger partial charge in [0, 0.05) is 11.1 Å². The molecule has 2 heterocycles. The Hall–Kier alpha value is -3.07. The zero-order valence-electron chi connectivity index (χ0n) is 11.1. The highest BCUT2D eigenvalue weighted by atomic mass is 32.1. The summed E-state index contributed by atoms with van der Waals surface area (Å²) in [6.07, 6.45) is 0. The number of hydrogen-bond donors (Lipinski definition) is 2. The van der Waals surface area contributed by atoms with Crippen molar-refractivity contribution < 1.29 is 9.59 Å². The zero-order chi connectivity index (χ0) is 15.5. The maximum atomic E-state index is 11.9. The van der Waals surface area contributed by atoms with Crippen molar-refractivity contribution in [2.24, 2.45) is 5.73 Å². The molecule has 0 saturated carbocycles. The number of carbonyl (C=O) groups is 2. The van der Waals surface area contributed by atoms with Crippen LogP contribution in [0.15, 0.2) is 41.1 Å². The van der Waals surface area contributed by atoms with E-state index in [0.717, 1.165) is 0 Å². The first-order valence-corrected chi connectivity index (χ1v) is 7.11. The number of nitrogens with one attached hydrogen (secondary N) is 1. The van der Waals surface area contributed by atoms with Crippen molar-refractivity contribution in [2.45, 2.75) is 0 Å². The number of nitrogens with zero attached hydrogens (tertiary/aromatic N) is 4. The van der Waals surface area contributed by atoms with Crippen molar-refractivity contribution in [3.63, 3.8) is 0 Å². The summed E-state index contributed by atoms with van der Waals surface area (Å²) in [6, 6.07) is 8.53. The van der Waals surface area contributed by atoms with Crippen LogP contribution in [0.25, 0.3) is 5.69 Å². The van der Waals surface area contributed by atoms with Gasteiger partial charge in [0.05, 0.1) is 11.3 Å². The van der Waals surface area contributed by atoms with Crippen molar-refractivity contribution in [3.05, 3.63) is 52.5 Å². The molecule has 0 aliphatic heterocycles. The van der Waals surface area contributed by atoms with Gasteiger partial charge in [-0.25, -0.2) is 0 Å². The highest BCUT2D eigenvalue weighted by Gasteiger charge is 2.10. The second-order valence-corrected chi connectivity index (χ2v) is 5.06. The lowest BCUT2D eigenvalue weighted by atomic mass is 10.2. The molecule has 0 spiro atoms. The van der Waals surface area contributed by atoms with Gasteiger partial charge in [0.15, 0.2) is 0 Å². The lowest BCUT2D eigenvalue weighted by molar-refractivity contribution is 0.0988. The van der Waals surface area contributed by atoms with E-state index in [4.69, 9.17) is 5.73 Å². The van der Waals surface area contributed by atoms with Crippen LogP contribution in [-0.4, -0.2) is 32.0 Å². The number of tetrazole rings is 1. The third kappa shape index (κ3) is 2.83. The van der Waals surface area contributed by atoms with Crippen molar-refractivity contribution in [1.29, 1.82) is 0 Å². The minimum absolute atomic E-state index is 0.158. The topological polar surface area (TPSA) is 116 Å². The van der Waals surface area contributed by atoms with E-state index in [1.807, 2.05) is 5.38 Å². The first-order chi connectivity index (χ1) is 10.6. The molecule has 3 N–H and O–H groups in total. The Bertz CT molecular complexity index is 809. The van der Waals surface area contributed by atoms with Gasteiger partial charge in [-0.15, -0.1) is 15.0 Å². The fraction of sp³-hybridized carbons (Fsp3) is 0. The molecule has 0 bridgehead atoms. The second-order valence-electron chi connectivity index (χ2n) is 4.28. The number of primary amides is 1. The van der Waals surface area contributed by atoms with Crippen LogP contribution >= 0.6 is 11.3 Å². The Morgan fingerprint density at radius 3 is 2.55 bits per heavy atom. The summed E-state index contributed by atoms with van der Waals surface area (Å²) in [5.74, 6) is -1.08. The maximum absolute atomic E-state index is 11.9. The standard InChI is InChI=1S/C13H10N6O2S/c14-11(20)12-16-18-19(17-12)10-3-1-9(2-4-10)15-13(21)8-5-6-22-7-8/h1-7H,(H2,14,20)(H,15,21).